The van der Waals surface area contributed by atoms with Crippen LogP contribution in [0.2, 0.25) is 0 Å². The molecule has 5 heterocycles. The van der Waals surface area contributed by atoms with Crippen molar-refractivity contribution in [3.8, 4) is 33.1 Å². The molecule has 4 aromatic carbocycles. The second-order valence-corrected chi connectivity index (χ2v) is 22.0. The maximum atomic E-state index is 14.5. The highest BCUT2D eigenvalue weighted by molar-refractivity contribution is 7.13. The van der Waals surface area contributed by atoms with Crippen LogP contribution in [0.4, 0.5) is 5.69 Å². The first-order valence-corrected chi connectivity index (χ1v) is 27.9. The summed E-state index contributed by atoms with van der Waals surface area (Å²) in [4.78, 5) is 83.1. The lowest BCUT2D eigenvalue weighted by molar-refractivity contribution is -0.143. The third-order valence-electron chi connectivity index (χ3n) is 15.4. The Morgan fingerprint density at radius 1 is 0.885 bits per heavy atom. The van der Waals surface area contributed by atoms with E-state index in [9.17, 15) is 29.1 Å². The number of benzene rings is 4. The Bertz CT molecular complexity index is 3220. The number of carbonyl (C=O) groups is 4. The molecule has 4 atom stereocenters. The van der Waals surface area contributed by atoms with E-state index in [0.29, 0.717) is 41.4 Å². The number of fused-ring (bicyclic) bond motifs is 1. The Morgan fingerprint density at radius 3 is 2.24 bits per heavy atom. The van der Waals surface area contributed by atoms with Gasteiger partial charge in [-0.15, -0.1) is 11.3 Å². The van der Waals surface area contributed by atoms with Crippen LogP contribution in [-0.4, -0.2) is 112 Å². The van der Waals surface area contributed by atoms with Gasteiger partial charge in [-0.2, -0.15) is 0 Å². The third kappa shape index (κ3) is 12.0. The van der Waals surface area contributed by atoms with E-state index in [4.69, 9.17) is 14.2 Å². The van der Waals surface area contributed by atoms with Gasteiger partial charge >= 0.3 is 0 Å². The Morgan fingerprint density at radius 2 is 1.58 bits per heavy atom. The number of aromatic nitrogens is 2. The molecule has 16 nitrogen and oxygen atoms in total. The van der Waals surface area contributed by atoms with E-state index in [0.717, 1.165) is 80.3 Å². The summed E-state index contributed by atoms with van der Waals surface area (Å²) in [7, 11) is 0. The van der Waals surface area contributed by atoms with Crippen LogP contribution in [0, 0.1) is 33.6 Å². The average molecular weight is 1080 g/mol. The SMILES string of the molecule is CCN(c1cc(-c2ccc(OCCOc3ccc4c(c3)C(=O)N(C(C(=O)N3C[C@H](O)C[C@H]3C(=O)N[C@@H](C)c3ccc(-c5scnc5C)cc3)C(C)C)C4)cc2)cc(C(=O)NCc2c(C)cc(C)[nH]c2=O)c1C)C1CCOCC1. The van der Waals surface area contributed by atoms with Crippen LogP contribution in [-0.2, 0) is 27.4 Å². The summed E-state index contributed by atoms with van der Waals surface area (Å²) in [6.45, 7) is 18.3. The van der Waals surface area contributed by atoms with Crippen molar-refractivity contribution < 1.29 is 38.5 Å². The van der Waals surface area contributed by atoms with Crippen LogP contribution < -0.4 is 30.6 Å². The van der Waals surface area contributed by atoms with Gasteiger partial charge in [0, 0.05) is 79.9 Å². The van der Waals surface area contributed by atoms with E-state index in [1.807, 2.05) is 121 Å². The Hall–Kier alpha value is -7.34. The molecule has 3 aliphatic rings. The number of H-pyrrole nitrogens is 1. The van der Waals surface area contributed by atoms with Crippen LogP contribution in [0.1, 0.15) is 113 Å². The molecule has 78 heavy (non-hydrogen) atoms. The number of amides is 4. The molecule has 1 unspecified atom stereocenters. The number of aliphatic hydroxyl groups is 1. The monoisotopic (exact) mass is 1080 g/mol. The van der Waals surface area contributed by atoms with Crippen LogP contribution in [0.5, 0.6) is 11.5 Å². The molecule has 17 heteroatoms. The molecule has 4 amide bonds. The second kappa shape index (κ2) is 24.1. The number of thiazole rings is 1. The van der Waals surface area contributed by atoms with E-state index in [-0.39, 0.29) is 86.5 Å². The molecule has 0 spiro atoms. The van der Waals surface area contributed by atoms with Crippen molar-refractivity contribution in [2.45, 2.75) is 118 Å². The van der Waals surface area contributed by atoms with E-state index in [1.165, 1.54) is 4.90 Å². The molecule has 6 aromatic rings. The van der Waals surface area contributed by atoms with E-state index >= 15 is 0 Å². The largest absolute Gasteiger partial charge is 0.490 e. The molecule has 410 valence electrons. The number of rotatable bonds is 19. The highest BCUT2D eigenvalue weighted by atomic mass is 32.1. The fourth-order valence-electron chi connectivity index (χ4n) is 11.2. The smallest absolute Gasteiger partial charge is 0.255 e. The summed E-state index contributed by atoms with van der Waals surface area (Å²) in [5, 5.41) is 16.9. The van der Waals surface area contributed by atoms with Crippen molar-refractivity contribution in [1.29, 1.82) is 0 Å². The predicted molar refractivity (Wildman–Crippen MR) is 302 cm³/mol. The van der Waals surface area contributed by atoms with E-state index in [2.05, 4.69) is 38.5 Å². The van der Waals surface area contributed by atoms with Crippen molar-refractivity contribution in [2.75, 3.05) is 44.4 Å². The number of hydrogen-bond acceptors (Lipinski definition) is 12. The Balaban J connectivity index is 0.820. The lowest BCUT2D eigenvalue weighted by atomic mass is 9.95. The van der Waals surface area contributed by atoms with Crippen molar-refractivity contribution >= 4 is 40.7 Å². The number of anilines is 1. The maximum Gasteiger partial charge on any atom is 0.255 e. The number of carbonyl (C=O) groups excluding carboxylic acids is 4. The summed E-state index contributed by atoms with van der Waals surface area (Å²) in [6, 6.07) is 25.1. The summed E-state index contributed by atoms with van der Waals surface area (Å²) in [5.41, 5.74) is 12.0. The van der Waals surface area contributed by atoms with Crippen molar-refractivity contribution in [3.63, 3.8) is 0 Å². The molecule has 4 N–H and O–H groups in total. The molecule has 9 rings (SSSR count). The highest BCUT2D eigenvalue weighted by Crippen LogP contribution is 2.36. The van der Waals surface area contributed by atoms with Crippen LogP contribution in [0.25, 0.3) is 21.6 Å². The molecule has 0 bridgehead atoms. The molecule has 2 fully saturated rings. The zero-order valence-electron chi connectivity index (χ0n) is 45.8. The standard InChI is InChI=1S/C61H71N7O9S/c1-9-66(46-20-22-75-23-21-46)53-28-45(27-50(38(53)6)57(70)62-31-52-36(4)26-37(5)64-58(52)71)42-14-17-48(18-15-42)76-24-25-77-49-19-16-44-32-68(60(73)51(44)30-49)55(35(2)3)61(74)67-33-47(69)29-54(67)59(72)65-39(7)41-10-12-43(13-11-41)56-40(8)63-34-78-56/h10-19,26-28,30,34-35,39,46-47,54-55,69H,9,20-25,29,31-33H2,1-8H3,(H,62,70)(H,64,71)(H,65,72)/t39-,47+,54-,55?/m0/s1. The fraction of sp³-hybridized carbons (Fsp3) is 0.410. The lowest BCUT2D eigenvalue weighted by Gasteiger charge is -2.37. The van der Waals surface area contributed by atoms with Gasteiger partial charge in [0.1, 0.15) is 36.8 Å². The van der Waals surface area contributed by atoms with Crippen molar-refractivity contribution in [3.05, 3.63) is 151 Å². The van der Waals surface area contributed by atoms with Crippen molar-refractivity contribution in [2.24, 2.45) is 5.92 Å². The maximum absolute atomic E-state index is 14.5. The van der Waals surface area contributed by atoms with Gasteiger partial charge < -0.3 is 49.6 Å². The number of nitrogens with zero attached hydrogens (tertiary/aromatic N) is 4. The quantitative estimate of drug-likeness (QED) is 0.0567. The molecular weight excluding hydrogens is 1010 g/mol. The Kier molecular flexibility index (Phi) is 17.1. The van der Waals surface area contributed by atoms with E-state index < -0.39 is 18.2 Å². The van der Waals surface area contributed by atoms with Crippen LogP contribution in [0.15, 0.2) is 95.2 Å². The van der Waals surface area contributed by atoms with Gasteiger partial charge in [-0.05, 0) is 142 Å². The number of aryl methyl sites for hydroxylation is 3. The fourth-order valence-corrected chi connectivity index (χ4v) is 12.0. The molecule has 3 aliphatic heterocycles. The molecular formula is C61H71N7O9S. The number of pyridine rings is 1. The average Bonchev–Trinajstić information content (AvgIpc) is 4.24. The van der Waals surface area contributed by atoms with Gasteiger partial charge in [0.25, 0.3) is 17.4 Å². The second-order valence-electron chi connectivity index (χ2n) is 21.1. The summed E-state index contributed by atoms with van der Waals surface area (Å²) >= 11 is 1.58. The van der Waals surface area contributed by atoms with Gasteiger partial charge in [0.2, 0.25) is 11.8 Å². The number of aromatic amines is 1. The first-order valence-electron chi connectivity index (χ1n) is 27.0. The predicted octanol–water partition coefficient (Wildman–Crippen LogP) is 8.61. The van der Waals surface area contributed by atoms with Gasteiger partial charge in [0.05, 0.1) is 28.2 Å². The molecule has 0 aliphatic carbocycles. The van der Waals surface area contributed by atoms with Gasteiger partial charge in [-0.25, -0.2) is 4.98 Å². The first kappa shape index (κ1) is 55.4. The zero-order chi connectivity index (χ0) is 55.4. The summed E-state index contributed by atoms with van der Waals surface area (Å²) < 4.78 is 17.9. The van der Waals surface area contributed by atoms with Gasteiger partial charge in [0.15, 0.2) is 0 Å². The van der Waals surface area contributed by atoms with Gasteiger partial charge in [-0.1, -0.05) is 56.3 Å². The van der Waals surface area contributed by atoms with E-state index in [1.54, 1.807) is 28.4 Å². The minimum absolute atomic E-state index is 0.0126. The normalized spacial score (nSPS) is 17.2. The topological polar surface area (TPSA) is 196 Å². The first-order chi connectivity index (χ1) is 37.5. The highest BCUT2D eigenvalue weighted by Gasteiger charge is 2.46. The van der Waals surface area contributed by atoms with Crippen LogP contribution >= 0.6 is 11.3 Å². The number of likely N-dealkylation sites (tertiary alicyclic amines) is 1. The molecule has 2 aromatic heterocycles. The third-order valence-corrected chi connectivity index (χ3v) is 16.4. The van der Waals surface area contributed by atoms with Crippen molar-refractivity contribution in [1.82, 2.24) is 30.4 Å². The number of aliphatic hydroxyl groups excluding tert-OH is 1. The minimum Gasteiger partial charge on any atom is -0.490 e. The van der Waals surface area contributed by atoms with Gasteiger partial charge in [-0.3, -0.25) is 24.0 Å². The number of β-amino-alcohol motifs (C(OH)–C–C–N with tert-alkyl or cyclic N) is 1. The summed E-state index contributed by atoms with van der Waals surface area (Å²) in [5.74, 6) is -0.497. The zero-order valence-corrected chi connectivity index (χ0v) is 46.6. The summed E-state index contributed by atoms with van der Waals surface area (Å²) in [6.07, 6.45) is 0.979. The number of ether oxygens (including phenoxy) is 3. The van der Waals surface area contributed by atoms with Crippen LogP contribution in [0.3, 0.4) is 0 Å². The number of nitrogens with one attached hydrogen (secondary N) is 3. The number of hydrogen-bond donors (Lipinski definition) is 4. The molecule has 0 radical (unpaired) electrons. The Labute approximate surface area is 460 Å². The molecule has 2 saturated heterocycles. The minimum atomic E-state index is -0.903. The molecule has 0 saturated carbocycles. The lowest BCUT2D eigenvalue weighted by Crippen LogP contribution is -2.55.